The molecule has 1 aromatic carbocycles. The minimum Gasteiger partial charge on any atom is -0.496 e. The Kier molecular flexibility index (Phi) is 3.94. The maximum absolute atomic E-state index is 13.4. The molecule has 1 N–H and O–H groups in total. The molecule has 4 nitrogen and oxygen atoms in total. The molecule has 0 saturated heterocycles. The SMILES string of the molecule is CCNc1ncc(C)c(-c2cc(F)ccc2OC)n1. The number of aryl methyl sites for hydroxylation is 1. The highest BCUT2D eigenvalue weighted by molar-refractivity contribution is 5.70. The summed E-state index contributed by atoms with van der Waals surface area (Å²) in [4.78, 5) is 8.59. The molecule has 0 spiro atoms. The summed E-state index contributed by atoms with van der Waals surface area (Å²) in [6.45, 7) is 4.57. The van der Waals surface area contributed by atoms with E-state index in [9.17, 15) is 4.39 Å². The summed E-state index contributed by atoms with van der Waals surface area (Å²) in [6, 6.07) is 4.38. The Balaban J connectivity index is 2.56. The molecule has 0 radical (unpaired) electrons. The van der Waals surface area contributed by atoms with E-state index in [1.807, 2.05) is 13.8 Å². The van der Waals surface area contributed by atoms with Gasteiger partial charge < -0.3 is 10.1 Å². The number of methoxy groups -OCH3 is 1. The van der Waals surface area contributed by atoms with Crippen LogP contribution in [0.1, 0.15) is 12.5 Å². The van der Waals surface area contributed by atoms with Gasteiger partial charge in [-0.15, -0.1) is 0 Å². The van der Waals surface area contributed by atoms with E-state index in [0.717, 1.165) is 12.1 Å². The van der Waals surface area contributed by atoms with Gasteiger partial charge in [-0.05, 0) is 37.6 Å². The molecule has 0 aliphatic rings. The van der Waals surface area contributed by atoms with E-state index < -0.39 is 0 Å². The average molecular weight is 261 g/mol. The molecule has 0 aliphatic carbocycles. The summed E-state index contributed by atoms with van der Waals surface area (Å²) >= 11 is 0. The highest BCUT2D eigenvalue weighted by Gasteiger charge is 2.12. The fourth-order valence-corrected chi connectivity index (χ4v) is 1.82. The van der Waals surface area contributed by atoms with Crippen LogP contribution >= 0.6 is 0 Å². The number of aromatic nitrogens is 2. The summed E-state index contributed by atoms with van der Waals surface area (Å²) in [5, 5.41) is 3.04. The number of ether oxygens (including phenoxy) is 1. The molecule has 2 aromatic rings. The predicted molar refractivity (Wildman–Crippen MR) is 72.9 cm³/mol. The Bertz CT molecular complexity index is 587. The molecule has 0 saturated carbocycles. The number of nitrogens with zero attached hydrogens (tertiary/aromatic N) is 2. The van der Waals surface area contributed by atoms with Crippen molar-refractivity contribution >= 4 is 5.95 Å². The monoisotopic (exact) mass is 261 g/mol. The Morgan fingerprint density at radius 1 is 1.37 bits per heavy atom. The van der Waals surface area contributed by atoms with E-state index in [1.165, 1.54) is 12.1 Å². The lowest BCUT2D eigenvalue weighted by Crippen LogP contribution is -2.04. The number of halogens is 1. The predicted octanol–water partition coefficient (Wildman–Crippen LogP) is 3.03. The lowest BCUT2D eigenvalue weighted by Gasteiger charge is -2.11. The normalized spacial score (nSPS) is 10.3. The molecule has 0 atom stereocenters. The number of benzene rings is 1. The van der Waals surface area contributed by atoms with Crippen molar-refractivity contribution in [3.63, 3.8) is 0 Å². The number of rotatable bonds is 4. The lowest BCUT2D eigenvalue weighted by atomic mass is 10.1. The molecular formula is C14H16FN3O. The number of nitrogens with one attached hydrogen (secondary N) is 1. The summed E-state index contributed by atoms with van der Waals surface area (Å²) < 4.78 is 18.7. The molecule has 1 heterocycles. The summed E-state index contributed by atoms with van der Waals surface area (Å²) in [5.74, 6) is 0.791. The van der Waals surface area contributed by atoms with Crippen molar-refractivity contribution < 1.29 is 9.13 Å². The first kappa shape index (κ1) is 13.3. The third kappa shape index (κ3) is 2.81. The molecule has 0 unspecified atom stereocenters. The van der Waals surface area contributed by atoms with Gasteiger partial charge in [0.1, 0.15) is 11.6 Å². The van der Waals surface area contributed by atoms with Crippen LogP contribution in [0.25, 0.3) is 11.3 Å². The van der Waals surface area contributed by atoms with Crippen LogP contribution in [-0.2, 0) is 0 Å². The molecule has 0 aliphatic heterocycles. The van der Waals surface area contributed by atoms with E-state index in [4.69, 9.17) is 4.74 Å². The molecule has 0 fully saturated rings. The quantitative estimate of drug-likeness (QED) is 0.919. The second kappa shape index (κ2) is 5.65. The van der Waals surface area contributed by atoms with E-state index >= 15 is 0 Å². The highest BCUT2D eigenvalue weighted by atomic mass is 19.1. The van der Waals surface area contributed by atoms with Crippen molar-refractivity contribution in [1.29, 1.82) is 0 Å². The first-order valence-electron chi connectivity index (χ1n) is 6.07. The van der Waals surface area contributed by atoms with Gasteiger partial charge >= 0.3 is 0 Å². The van der Waals surface area contributed by atoms with E-state index in [2.05, 4.69) is 15.3 Å². The van der Waals surface area contributed by atoms with Gasteiger partial charge in [0, 0.05) is 18.3 Å². The number of hydrogen-bond acceptors (Lipinski definition) is 4. The maximum Gasteiger partial charge on any atom is 0.223 e. The zero-order valence-corrected chi connectivity index (χ0v) is 11.2. The lowest BCUT2D eigenvalue weighted by molar-refractivity contribution is 0.415. The second-order valence-electron chi connectivity index (χ2n) is 4.10. The average Bonchev–Trinajstić information content (AvgIpc) is 2.41. The third-order valence-corrected chi connectivity index (χ3v) is 2.72. The van der Waals surface area contributed by atoms with Crippen LogP contribution in [0, 0.1) is 12.7 Å². The molecule has 0 bridgehead atoms. The van der Waals surface area contributed by atoms with E-state index in [1.54, 1.807) is 19.4 Å². The van der Waals surface area contributed by atoms with Gasteiger partial charge in [0.2, 0.25) is 5.95 Å². The molecule has 100 valence electrons. The van der Waals surface area contributed by atoms with Gasteiger partial charge in [-0.25, -0.2) is 14.4 Å². The van der Waals surface area contributed by atoms with Crippen molar-refractivity contribution in [3.8, 4) is 17.0 Å². The van der Waals surface area contributed by atoms with Crippen LogP contribution in [0.2, 0.25) is 0 Å². The molecule has 5 heteroatoms. The summed E-state index contributed by atoms with van der Waals surface area (Å²) in [7, 11) is 1.55. The van der Waals surface area contributed by atoms with E-state index in [-0.39, 0.29) is 5.82 Å². The van der Waals surface area contributed by atoms with Crippen LogP contribution in [-0.4, -0.2) is 23.6 Å². The van der Waals surface area contributed by atoms with Crippen LogP contribution < -0.4 is 10.1 Å². The van der Waals surface area contributed by atoms with Crippen LogP contribution in [0.4, 0.5) is 10.3 Å². The summed E-state index contributed by atoms with van der Waals surface area (Å²) in [5.41, 5.74) is 2.16. The van der Waals surface area contributed by atoms with Crippen molar-refractivity contribution in [2.45, 2.75) is 13.8 Å². The number of hydrogen-bond donors (Lipinski definition) is 1. The Labute approximate surface area is 111 Å². The Hall–Kier alpha value is -2.17. The van der Waals surface area contributed by atoms with Crippen molar-refractivity contribution in [2.24, 2.45) is 0 Å². The van der Waals surface area contributed by atoms with Gasteiger partial charge in [-0.1, -0.05) is 0 Å². The maximum atomic E-state index is 13.4. The van der Waals surface area contributed by atoms with Crippen molar-refractivity contribution in [1.82, 2.24) is 9.97 Å². The van der Waals surface area contributed by atoms with Gasteiger partial charge in [-0.2, -0.15) is 0 Å². The van der Waals surface area contributed by atoms with Crippen molar-refractivity contribution in [2.75, 3.05) is 19.0 Å². The first-order valence-corrected chi connectivity index (χ1v) is 6.07. The smallest absolute Gasteiger partial charge is 0.223 e. The number of anilines is 1. The Morgan fingerprint density at radius 3 is 2.84 bits per heavy atom. The van der Waals surface area contributed by atoms with Gasteiger partial charge in [0.15, 0.2) is 0 Å². The van der Waals surface area contributed by atoms with Gasteiger partial charge in [0.25, 0.3) is 0 Å². The van der Waals surface area contributed by atoms with Crippen LogP contribution in [0.15, 0.2) is 24.4 Å². The zero-order valence-electron chi connectivity index (χ0n) is 11.2. The molecule has 19 heavy (non-hydrogen) atoms. The van der Waals surface area contributed by atoms with Crippen molar-refractivity contribution in [3.05, 3.63) is 35.8 Å². The van der Waals surface area contributed by atoms with Crippen LogP contribution in [0.5, 0.6) is 5.75 Å². The van der Waals surface area contributed by atoms with Crippen LogP contribution in [0.3, 0.4) is 0 Å². The van der Waals surface area contributed by atoms with Gasteiger partial charge in [-0.3, -0.25) is 0 Å². The summed E-state index contributed by atoms with van der Waals surface area (Å²) in [6.07, 6.45) is 1.71. The first-order chi connectivity index (χ1) is 9.15. The minimum absolute atomic E-state index is 0.321. The molecule has 2 rings (SSSR count). The van der Waals surface area contributed by atoms with E-state index in [0.29, 0.717) is 23.0 Å². The van der Waals surface area contributed by atoms with Gasteiger partial charge in [0.05, 0.1) is 12.8 Å². The highest BCUT2D eigenvalue weighted by Crippen LogP contribution is 2.31. The minimum atomic E-state index is -0.321. The second-order valence-corrected chi connectivity index (χ2v) is 4.10. The zero-order chi connectivity index (χ0) is 13.8. The molecular weight excluding hydrogens is 245 g/mol. The largest absolute Gasteiger partial charge is 0.496 e. The Morgan fingerprint density at radius 2 is 2.16 bits per heavy atom. The fourth-order valence-electron chi connectivity index (χ4n) is 1.82. The molecule has 0 amide bonds. The fraction of sp³-hybridized carbons (Fsp3) is 0.286. The standard InChI is InChI=1S/C14H16FN3O/c1-4-16-14-17-8-9(2)13(18-14)11-7-10(15)5-6-12(11)19-3/h5-8H,4H2,1-3H3,(H,16,17,18). The topological polar surface area (TPSA) is 47.0 Å². The molecule has 1 aromatic heterocycles. The third-order valence-electron chi connectivity index (χ3n) is 2.72.